The highest BCUT2D eigenvalue weighted by Crippen LogP contribution is 2.19. The molecule has 0 saturated carbocycles. The second kappa shape index (κ2) is 6.24. The summed E-state index contributed by atoms with van der Waals surface area (Å²) in [5.41, 5.74) is 1.07. The predicted molar refractivity (Wildman–Crippen MR) is 74.8 cm³/mol. The van der Waals surface area contributed by atoms with Gasteiger partial charge in [-0.15, -0.1) is 0 Å². The number of halogens is 1. The van der Waals surface area contributed by atoms with Crippen LogP contribution in [0.2, 0.25) is 5.02 Å². The van der Waals surface area contributed by atoms with Crippen molar-refractivity contribution in [3.8, 4) is 0 Å². The highest BCUT2D eigenvalue weighted by atomic mass is 35.5. The standard InChI is InChI=1S/C15H20ClNO/c1-12-5-4-10-17(11-12)15(18)9-8-13-6-2-3-7-14(13)16/h2-3,6-7,12H,4-5,8-11H2,1H3/t12-/m1/s1. The smallest absolute Gasteiger partial charge is 0.222 e. The topological polar surface area (TPSA) is 20.3 Å². The number of piperidine rings is 1. The van der Waals surface area contributed by atoms with E-state index in [0.29, 0.717) is 12.3 Å². The van der Waals surface area contributed by atoms with Crippen molar-refractivity contribution in [3.63, 3.8) is 0 Å². The molecule has 3 heteroatoms. The largest absolute Gasteiger partial charge is 0.342 e. The van der Waals surface area contributed by atoms with Gasteiger partial charge < -0.3 is 4.90 Å². The van der Waals surface area contributed by atoms with E-state index in [1.54, 1.807) is 0 Å². The van der Waals surface area contributed by atoms with Crippen LogP contribution in [0.15, 0.2) is 24.3 Å². The van der Waals surface area contributed by atoms with Gasteiger partial charge in [-0.1, -0.05) is 36.7 Å². The van der Waals surface area contributed by atoms with E-state index in [4.69, 9.17) is 11.6 Å². The third kappa shape index (κ3) is 3.49. The molecule has 1 aliphatic heterocycles. The Morgan fingerprint density at radius 1 is 1.44 bits per heavy atom. The van der Waals surface area contributed by atoms with E-state index in [2.05, 4.69) is 6.92 Å². The molecule has 0 spiro atoms. The number of hydrogen-bond acceptors (Lipinski definition) is 1. The van der Waals surface area contributed by atoms with Gasteiger partial charge in [-0.25, -0.2) is 0 Å². The van der Waals surface area contributed by atoms with E-state index in [1.807, 2.05) is 29.2 Å². The van der Waals surface area contributed by atoms with Gasteiger partial charge in [0.25, 0.3) is 0 Å². The average molecular weight is 266 g/mol. The van der Waals surface area contributed by atoms with Crippen molar-refractivity contribution >= 4 is 17.5 Å². The molecule has 18 heavy (non-hydrogen) atoms. The number of carbonyl (C=O) groups excluding carboxylic acids is 1. The van der Waals surface area contributed by atoms with Crippen LogP contribution in [0, 0.1) is 5.92 Å². The number of aryl methyl sites for hydroxylation is 1. The lowest BCUT2D eigenvalue weighted by molar-refractivity contribution is -0.132. The van der Waals surface area contributed by atoms with Crippen LogP contribution in [0.4, 0.5) is 0 Å². The summed E-state index contributed by atoms with van der Waals surface area (Å²) in [4.78, 5) is 14.1. The predicted octanol–water partition coefficient (Wildman–Crippen LogP) is 3.53. The number of hydrogen-bond donors (Lipinski definition) is 0. The molecule has 1 atom stereocenters. The number of nitrogens with zero attached hydrogens (tertiary/aromatic N) is 1. The molecule has 1 aromatic carbocycles. The van der Waals surface area contributed by atoms with Crippen LogP contribution in [0.5, 0.6) is 0 Å². The van der Waals surface area contributed by atoms with Gasteiger partial charge in [0.15, 0.2) is 0 Å². The quantitative estimate of drug-likeness (QED) is 0.819. The molecule has 1 heterocycles. The Morgan fingerprint density at radius 3 is 2.94 bits per heavy atom. The first-order valence-corrected chi connectivity index (χ1v) is 7.06. The molecular weight excluding hydrogens is 246 g/mol. The van der Waals surface area contributed by atoms with Gasteiger partial charge in [-0.05, 0) is 36.8 Å². The van der Waals surface area contributed by atoms with Crippen molar-refractivity contribution < 1.29 is 4.79 Å². The first kappa shape index (κ1) is 13.4. The Labute approximate surface area is 114 Å². The third-order valence-corrected chi connectivity index (χ3v) is 3.94. The summed E-state index contributed by atoms with van der Waals surface area (Å²) in [5, 5.41) is 0.761. The Kier molecular flexibility index (Phi) is 4.65. The summed E-state index contributed by atoms with van der Waals surface area (Å²) in [6.45, 7) is 4.06. The lowest BCUT2D eigenvalue weighted by Gasteiger charge is -2.31. The Morgan fingerprint density at radius 2 is 2.22 bits per heavy atom. The summed E-state index contributed by atoms with van der Waals surface area (Å²) < 4.78 is 0. The fraction of sp³-hybridized carbons (Fsp3) is 0.533. The second-order valence-electron chi connectivity index (χ2n) is 5.18. The zero-order valence-corrected chi connectivity index (χ0v) is 11.6. The van der Waals surface area contributed by atoms with Crippen molar-refractivity contribution in [2.24, 2.45) is 5.92 Å². The van der Waals surface area contributed by atoms with Crippen LogP contribution < -0.4 is 0 Å². The molecule has 0 unspecified atom stereocenters. The van der Waals surface area contributed by atoms with E-state index < -0.39 is 0 Å². The molecule has 1 saturated heterocycles. The minimum atomic E-state index is 0.265. The van der Waals surface area contributed by atoms with Gasteiger partial charge in [-0.2, -0.15) is 0 Å². The fourth-order valence-corrected chi connectivity index (χ4v) is 2.75. The molecule has 1 aliphatic rings. The van der Waals surface area contributed by atoms with Crippen LogP contribution in [-0.2, 0) is 11.2 Å². The first-order valence-electron chi connectivity index (χ1n) is 6.68. The number of amides is 1. The molecule has 0 bridgehead atoms. The molecule has 1 amide bonds. The Hall–Kier alpha value is -1.02. The first-order chi connectivity index (χ1) is 8.66. The zero-order valence-electron chi connectivity index (χ0n) is 10.9. The van der Waals surface area contributed by atoms with Crippen molar-refractivity contribution in [2.45, 2.75) is 32.6 Å². The summed E-state index contributed by atoms with van der Waals surface area (Å²) >= 11 is 6.09. The Balaban J connectivity index is 1.86. The molecule has 1 fully saturated rings. The van der Waals surface area contributed by atoms with Crippen LogP contribution >= 0.6 is 11.6 Å². The minimum absolute atomic E-state index is 0.265. The molecule has 2 nitrogen and oxygen atoms in total. The molecular formula is C15H20ClNO. The van der Waals surface area contributed by atoms with Crippen molar-refractivity contribution in [3.05, 3.63) is 34.9 Å². The van der Waals surface area contributed by atoms with E-state index in [1.165, 1.54) is 6.42 Å². The average Bonchev–Trinajstić information content (AvgIpc) is 2.37. The highest BCUT2D eigenvalue weighted by Gasteiger charge is 2.20. The van der Waals surface area contributed by atoms with Crippen molar-refractivity contribution in [1.29, 1.82) is 0 Å². The number of carbonyl (C=O) groups is 1. The number of benzene rings is 1. The van der Waals surface area contributed by atoms with Gasteiger partial charge in [0, 0.05) is 24.5 Å². The third-order valence-electron chi connectivity index (χ3n) is 3.58. The van der Waals surface area contributed by atoms with Crippen LogP contribution in [0.1, 0.15) is 31.7 Å². The number of rotatable bonds is 3. The molecule has 2 rings (SSSR count). The van der Waals surface area contributed by atoms with E-state index in [9.17, 15) is 4.79 Å². The maximum absolute atomic E-state index is 12.1. The van der Waals surface area contributed by atoms with Gasteiger partial charge in [0.1, 0.15) is 0 Å². The Bertz CT molecular complexity index is 419. The van der Waals surface area contributed by atoms with E-state index in [-0.39, 0.29) is 5.91 Å². The van der Waals surface area contributed by atoms with Crippen LogP contribution in [0.3, 0.4) is 0 Å². The molecule has 98 valence electrons. The van der Waals surface area contributed by atoms with Gasteiger partial charge in [0.05, 0.1) is 0 Å². The van der Waals surface area contributed by atoms with Crippen LogP contribution in [0.25, 0.3) is 0 Å². The lowest BCUT2D eigenvalue weighted by atomic mass is 9.99. The maximum Gasteiger partial charge on any atom is 0.222 e. The molecule has 0 N–H and O–H groups in total. The summed E-state index contributed by atoms with van der Waals surface area (Å²) in [5.74, 6) is 0.907. The molecule has 0 aromatic heterocycles. The summed E-state index contributed by atoms with van der Waals surface area (Å²) in [7, 11) is 0. The highest BCUT2D eigenvalue weighted by molar-refractivity contribution is 6.31. The SMILES string of the molecule is C[C@@H]1CCCN(C(=O)CCc2ccccc2Cl)C1. The monoisotopic (exact) mass is 265 g/mol. The lowest BCUT2D eigenvalue weighted by Crippen LogP contribution is -2.39. The van der Waals surface area contributed by atoms with Crippen molar-refractivity contribution in [2.75, 3.05) is 13.1 Å². The van der Waals surface area contributed by atoms with Gasteiger partial charge in [0.2, 0.25) is 5.91 Å². The van der Waals surface area contributed by atoms with Crippen LogP contribution in [-0.4, -0.2) is 23.9 Å². The normalized spacial score (nSPS) is 19.9. The van der Waals surface area contributed by atoms with Gasteiger partial charge >= 0.3 is 0 Å². The second-order valence-corrected chi connectivity index (χ2v) is 5.59. The van der Waals surface area contributed by atoms with E-state index >= 15 is 0 Å². The van der Waals surface area contributed by atoms with Crippen molar-refractivity contribution in [1.82, 2.24) is 4.90 Å². The molecule has 1 aromatic rings. The molecule has 0 radical (unpaired) electrons. The zero-order chi connectivity index (χ0) is 13.0. The number of likely N-dealkylation sites (tertiary alicyclic amines) is 1. The summed E-state index contributed by atoms with van der Waals surface area (Å²) in [6.07, 6.45) is 3.69. The van der Waals surface area contributed by atoms with E-state index in [0.717, 1.165) is 36.5 Å². The summed E-state index contributed by atoms with van der Waals surface area (Å²) in [6, 6.07) is 7.76. The van der Waals surface area contributed by atoms with Gasteiger partial charge in [-0.3, -0.25) is 4.79 Å². The fourth-order valence-electron chi connectivity index (χ4n) is 2.52. The maximum atomic E-state index is 12.1. The minimum Gasteiger partial charge on any atom is -0.342 e. The molecule has 0 aliphatic carbocycles.